The first-order valence-electron chi connectivity index (χ1n) is 8.26. The largest absolute Gasteiger partial charge is 0.492 e. The van der Waals surface area contributed by atoms with Crippen molar-refractivity contribution in [1.29, 1.82) is 0 Å². The van der Waals surface area contributed by atoms with Crippen molar-refractivity contribution in [3.05, 3.63) is 59.2 Å². The predicted molar refractivity (Wildman–Crippen MR) is 98.7 cm³/mol. The van der Waals surface area contributed by atoms with Crippen molar-refractivity contribution < 1.29 is 24.1 Å². The minimum atomic E-state index is -1.07. The number of carbonyl (C=O) groups is 1. The van der Waals surface area contributed by atoms with Crippen LogP contribution in [0.15, 0.2) is 42.5 Å². The van der Waals surface area contributed by atoms with Crippen LogP contribution in [0.3, 0.4) is 0 Å². The molecule has 5 heteroatoms. The predicted octanol–water partition coefficient (Wildman–Crippen LogP) is 3.75. The Bertz CT molecular complexity index is 787. The zero-order chi connectivity index (χ0) is 18.8. The van der Waals surface area contributed by atoms with Crippen LogP contribution in [0.1, 0.15) is 34.3 Å². The van der Waals surface area contributed by atoms with Crippen LogP contribution in [0, 0.1) is 11.8 Å². The summed E-state index contributed by atoms with van der Waals surface area (Å²) in [5, 5.41) is 9.20. The van der Waals surface area contributed by atoms with Crippen molar-refractivity contribution in [2.24, 2.45) is 0 Å². The number of benzene rings is 2. The van der Waals surface area contributed by atoms with Crippen LogP contribution in [-0.2, 0) is 11.3 Å². The van der Waals surface area contributed by atoms with Crippen molar-refractivity contribution in [2.75, 3.05) is 20.8 Å². The lowest BCUT2D eigenvalue weighted by Gasteiger charge is -2.11. The molecule has 1 N–H and O–H groups in total. The van der Waals surface area contributed by atoms with Gasteiger partial charge in [-0.15, -0.1) is 0 Å². The van der Waals surface area contributed by atoms with Gasteiger partial charge in [0.2, 0.25) is 0 Å². The number of ether oxygens (including phenoxy) is 3. The Balaban J connectivity index is 1.90. The topological polar surface area (TPSA) is 65.0 Å². The maximum absolute atomic E-state index is 11.2. The first kappa shape index (κ1) is 19.4. The van der Waals surface area contributed by atoms with E-state index in [4.69, 9.17) is 14.2 Å². The molecule has 0 spiro atoms. The Kier molecular flexibility index (Phi) is 7.53. The third-order valence-electron chi connectivity index (χ3n) is 3.68. The van der Waals surface area contributed by atoms with Gasteiger partial charge in [0, 0.05) is 13.0 Å². The molecule has 0 aliphatic rings. The van der Waals surface area contributed by atoms with E-state index in [-0.39, 0.29) is 11.3 Å². The Morgan fingerprint density at radius 2 is 1.77 bits per heavy atom. The molecule has 0 saturated carbocycles. The van der Waals surface area contributed by atoms with Gasteiger partial charge in [0.1, 0.15) is 5.56 Å². The molecule has 136 valence electrons. The molecule has 0 bridgehead atoms. The van der Waals surface area contributed by atoms with E-state index in [1.807, 2.05) is 30.3 Å². The highest BCUT2D eigenvalue weighted by molar-refractivity contribution is 5.92. The van der Waals surface area contributed by atoms with Gasteiger partial charge in [-0.1, -0.05) is 42.2 Å². The molecule has 0 saturated heterocycles. The van der Waals surface area contributed by atoms with E-state index in [0.29, 0.717) is 30.9 Å². The second-order valence-corrected chi connectivity index (χ2v) is 5.48. The molecular weight excluding hydrogens is 332 g/mol. The molecule has 0 atom stereocenters. The van der Waals surface area contributed by atoms with Crippen LogP contribution in [0.25, 0.3) is 0 Å². The van der Waals surface area contributed by atoms with Gasteiger partial charge in [-0.25, -0.2) is 4.79 Å². The maximum atomic E-state index is 11.2. The SMILES string of the molecule is COc1c(C#CCCCOCc2ccccc2)ccc(C(=O)O)c1OC. The lowest BCUT2D eigenvalue weighted by atomic mass is 10.1. The van der Waals surface area contributed by atoms with Crippen LogP contribution in [-0.4, -0.2) is 31.9 Å². The van der Waals surface area contributed by atoms with Gasteiger partial charge in [0.25, 0.3) is 0 Å². The zero-order valence-corrected chi connectivity index (χ0v) is 15.0. The number of aromatic carboxylic acids is 1. The van der Waals surface area contributed by atoms with E-state index < -0.39 is 5.97 Å². The number of unbranched alkanes of at least 4 members (excludes halogenated alkanes) is 1. The summed E-state index contributed by atoms with van der Waals surface area (Å²) >= 11 is 0. The summed E-state index contributed by atoms with van der Waals surface area (Å²) in [6.07, 6.45) is 1.48. The molecule has 0 unspecified atom stereocenters. The van der Waals surface area contributed by atoms with Gasteiger partial charge in [0.05, 0.1) is 26.4 Å². The molecule has 0 aliphatic carbocycles. The normalized spacial score (nSPS) is 9.92. The van der Waals surface area contributed by atoms with Crippen molar-refractivity contribution in [3.63, 3.8) is 0 Å². The lowest BCUT2D eigenvalue weighted by molar-refractivity contribution is 0.0692. The highest BCUT2D eigenvalue weighted by Crippen LogP contribution is 2.34. The average molecular weight is 354 g/mol. The van der Waals surface area contributed by atoms with Crippen LogP contribution >= 0.6 is 0 Å². The Labute approximate surface area is 153 Å². The summed E-state index contributed by atoms with van der Waals surface area (Å²) in [5.74, 6) is 5.51. The molecule has 0 aromatic heterocycles. The molecule has 2 aromatic carbocycles. The molecule has 2 aromatic rings. The summed E-state index contributed by atoms with van der Waals surface area (Å²) in [5.41, 5.74) is 1.79. The molecule has 0 aliphatic heterocycles. The quantitative estimate of drug-likeness (QED) is 0.578. The smallest absolute Gasteiger partial charge is 0.339 e. The van der Waals surface area contributed by atoms with E-state index in [1.54, 1.807) is 6.07 Å². The number of carboxylic acids is 1. The highest BCUT2D eigenvalue weighted by atomic mass is 16.5. The van der Waals surface area contributed by atoms with Gasteiger partial charge in [0.15, 0.2) is 11.5 Å². The summed E-state index contributed by atoms with van der Waals surface area (Å²) in [6.45, 7) is 1.22. The first-order valence-corrected chi connectivity index (χ1v) is 8.26. The summed E-state index contributed by atoms with van der Waals surface area (Å²) in [7, 11) is 2.87. The third kappa shape index (κ3) is 5.27. The summed E-state index contributed by atoms with van der Waals surface area (Å²) in [6, 6.07) is 13.1. The molecule has 0 radical (unpaired) electrons. The fourth-order valence-corrected chi connectivity index (χ4v) is 2.42. The Morgan fingerprint density at radius 3 is 2.42 bits per heavy atom. The minimum absolute atomic E-state index is 0.0456. The summed E-state index contributed by atoms with van der Waals surface area (Å²) in [4.78, 5) is 11.2. The van der Waals surface area contributed by atoms with E-state index in [0.717, 1.165) is 12.0 Å². The van der Waals surface area contributed by atoms with E-state index in [2.05, 4.69) is 11.8 Å². The van der Waals surface area contributed by atoms with Gasteiger partial charge >= 0.3 is 5.97 Å². The fourth-order valence-electron chi connectivity index (χ4n) is 2.42. The lowest BCUT2D eigenvalue weighted by Crippen LogP contribution is -2.03. The summed E-state index contributed by atoms with van der Waals surface area (Å²) < 4.78 is 16.1. The van der Waals surface area contributed by atoms with E-state index in [1.165, 1.54) is 20.3 Å². The van der Waals surface area contributed by atoms with Crippen molar-refractivity contribution in [3.8, 4) is 23.3 Å². The van der Waals surface area contributed by atoms with Gasteiger partial charge in [-0.3, -0.25) is 0 Å². The molecule has 2 rings (SSSR count). The number of hydrogen-bond donors (Lipinski definition) is 1. The molecule has 5 nitrogen and oxygen atoms in total. The number of rotatable bonds is 8. The number of methoxy groups -OCH3 is 2. The van der Waals surface area contributed by atoms with Crippen molar-refractivity contribution >= 4 is 5.97 Å². The third-order valence-corrected chi connectivity index (χ3v) is 3.68. The van der Waals surface area contributed by atoms with E-state index >= 15 is 0 Å². The monoisotopic (exact) mass is 354 g/mol. The Morgan fingerprint density at radius 1 is 1.04 bits per heavy atom. The zero-order valence-electron chi connectivity index (χ0n) is 15.0. The van der Waals surface area contributed by atoms with Crippen LogP contribution in [0.4, 0.5) is 0 Å². The van der Waals surface area contributed by atoms with Crippen LogP contribution < -0.4 is 9.47 Å². The van der Waals surface area contributed by atoms with Gasteiger partial charge in [-0.05, 0) is 24.1 Å². The maximum Gasteiger partial charge on any atom is 0.339 e. The number of hydrogen-bond acceptors (Lipinski definition) is 4. The molecule has 26 heavy (non-hydrogen) atoms. The van der Waals surface area contributed by atoms with Crippen LogP contribution in [0.2, 0.25) is 0 Å². The molecule has 0 heterocycles. The highest BCUT2D eigenvalue weighted by Gasteiger charge is 2.18. The fraction of sp³-hybridized carbons (Fsp3) is 0.286. The van der Waals surface area contributed by atoms with Crippen LogP contribution in [0.5, 0.6) is 11.5 Å². The van der Waals surface area contributed by atoms with Gasteiger partial charge in [-0.2, -0.15) is 0 Å². The number of carboxylic acid groups (broad SMARTS) is 1. The molecule has 0 amide bonds. The standard InChI is InChI=1S/C21H22O5/c1-24-19-17(12-13-18(21(22)23)20(19)25-2)11-7-4-8-14-26-15-16-9-5-3-6-10-16/h3,5-6,9-10,12-13H,4,8,14-15H2,1-2H3,(H,22,23). The molecule has 0 fully saturated rings. The first-order chi connectivity index (χ1) is 12.7. The Hall–Kier alpha value is -2.97. The average Bonchev–Trinajstić information content (AvgIpc) is 2.67. The van der Waals surface area contributed by atoms with Crippen molar-refractivity contribution in [2.45, 2.75) is 19.4 Å². The van der Waals surface area contributed by atoms with E-state index in [9.17, 15) is 9.90 Å². The second-order valence-electron chi connectivity index (χ2n) is 5.48. The minimum Gasteiger partial charge on any atom is -0.492 e. The van der Waals surface area contributed by atoms with Crippen molar-refractivity contribution in [1.82, 2.24) is 0 Å². The van der Waals surface area contributed by atoms with Gasteiger partial charge < -0.3 is 19.3 Å². The second kappa shape index (κ2) is 10.1. The molecular formula is C21H22O5.